The van der Waals surface area contributed by atoms with Gasteiger partial charge in [0.05, 0.1) is 19.5 Å². The fourth-order valence-electron chi connectivity index (χ4n) is 1.07. The standard InChI is InChI=1S/C9H17NO7S/c1-16-5-6-18(14,15)10-7(9(12)13)3-4-8(11)17-2/h7,10H,3-6H2,1-2H3,(H,12,13)/t7-/m1/s1. The zero-order valence-electron chi connectivity index (χ0n) is 10.2. The van der Waals surface area contributed by atoms with Crippen molar-refractivity contribution in [1.29, 1.82) is 0 Å². The highest BCUT2D eigenvalue weighted by Crippen LogP contribution is 2.02. The molecule has 0 heterocycles. The van der Waals surface area contributed by atoms with Crippen molar-refractivity contribution in [2.24, 2.45) is 0 Å². The van der Waals surface area contributed by atoms with E-state index in [2.05, 4.69) is 9.47 Å². The Hall–Kier alpha value is -1.19. The minimum absolute atomic E-state index is 0.0430. The molecule has 0 fully saturated rings. The van der Waals surface area contributed by atoms with Crippen LogP contribution in [-0.4, -0.2) is 58.1 Å². The number of hydrogen-bond acceptors (Lipinski definition) is 6. The van der Waals surface area contributed by atoms with Gasteiger partial charge in [-0.25, -0.2) is 13.1 Å². The molecule has 0 aromatic carbocycles. The number of esters is 1. The first-order chi connectivity index (χ1) is 8.32. The first-order valence-electron chi connectivity index (χ1n) is 5.11. The van der Waals surface area contributed by atoms with Crippen LogP contribution in [0.4, 0.5) is 0 Å². The van der Waals surface area contributed by atoms with Crippen LogP contribution in [-0.2, 0) is 29.1 Å². The van der Waals surface area contributed by atoms with Gasteiger partial charge in [0.25, 0.3) is 0 Å². The predicted molar refractivity (Wildman–Crippen MR) is 61.5 cm³/mol. The molecule has 0 saturated carbocycles. The topological polar surface area (TPSA) is 119 Å². The van der Waals surface area contributed by atoms with E-state index in [9.17, 15) is 18.0 Å². The van der Waals surface area contributed by atoms with Crippen LogP contribution in [0.2, 0.25) is 0 Å². The molecule has 0 aliphatic heterocycles. The fraction of sp³-hybridized carbons (Fsp3) is 0.778. The van der Waals surface area contributed by atoms with Gasteiger partial charge in [0.2, 0.25) is 10.0 Å². The number of sulfonamides is 1. The lowest BCUT2D eigenvalue weighted by Gasteiger charge is -2.13. The first kappa shape index (κ1) is 16.8. The van der Waals surface area contributed by atoms with Gasteiger partial charge in [-0.2, -0.15) is 0 Å². The molecule has 0 aliphatic rings. The van der Waals surface area contributed by atoms with Crippen LogP contribution in [0.25, 0.3) is 0 Å². The van der Waals surface area contributed by atoms with Crippen LogP contribution in [0.15, 0.2) is 0 Å². The van der Waals surface area contributed by atoms with E-state index in [0.29, 0.717) is 0 Å². The summed E-state index contributed by atoms with van der Waals surface area (Å²) >= 11 is 0. The number of aliphatic carboxylic acids is 1. The van der Waals surface area contributed by atoms with E-state index in [4.69, 9.17) is 5.11 Å². The second kappa shape index (κ2) is 8.01. The molecule has 0 aromatic heterocycles. The predicted octanol–water partition coefficient (Wildman–Crippen LogP) is -1.04. The normalized spacial score (nSPS) is 13.0. The number of ether oxygens (including phenoxy) is 2. The van der Waals surface area contributed by atoms with Crippen molar-refractivity contribution >= 4 is 22.0 Å². The summed E-state index contributed by atoms with van der Waals surface area (Å²) in [6, 6.07) is -1.36. The summed E-state index contributed by atoms with van der Waals surface area (Å²) in [4.78, 5) is 21.7. The average molecular weight is 283 g/mol. The Morgan fingerprint density at radius 2 is 1.94 bits per heavy atom. The van der Waals surface area contributed by atoms with Gasteiger partial charge in [0, 0.05) is 13.5 Å². The highest BCUT2D eigenvalue weighted by atomic mass is 32.2. The Labute approximate surface area is 105 Å². The zero-order chi connectivity index (χ0) is 14.2. The van der Waals surface area contributed by atoms with E-state index in [1.54, 1.807) is 0 Å². The number of methoxy groups -OCH3 is 2. The van der Waals surface area contributed by atoms with E-state index in [1.807, 2.05) is 4.72 Å². The molecule has 0 rings (SSSR count). The van der Waals surface area contributed by atoms with Gasteiger partial charge in [0.15, 0.2) is 0 Å². The molecule has 0 radical (unpaired) electrons. The Bertz CT molecular complexity index is 378. The minimum Gasteiger partial charge on any atom is -0.480 e. The number of carbonyl (C=O) groups excluding carboxylic acids is 1. The van der Waals surface area contributed by atoms with Crippen LogP contribution >= 0.6 is 0 Å². The molecule has 0 unspecified atom stereocenters. The average Bonchev–Trinajstić information content (AvgIpc) is 2.31. The number of carbonyl (C=O) groups is 2. The molecular weight excluding hydrogens is 266 g/mol. The van der Waals surface area contributed by atoms with Gasteiger partial charge in [-0.15, -0.1) is 0 Å². The van der Waals surface area contributed by atoms with Crippen molar-refractivity contribution in [3.8, 4) is 0 Å². The lowest BCUT2D eigenvalue weighted by atomic mass is 10.2. The number of carboxylic acids is 1. The van der Waals surface area contributed by atoms with Crippen LogP contribution in [0.1, 0.15) is 12.8 Å². The highest BCUT2D eigenvalue weighted by molar-refractivity contribution is 7.89. The number of rotatable bonds is 9. The summed E-state index contributed by atoms with van der Waals surface area (Å²) in [5, 5.41) is 8.84. The molecule has 0 saturated heterocycles. The third kappa shape index (κ3) is 7.20. The summed E-state index contributed by atoms with van der Waals surface area (Å²) < 4.78 is 33.8. The smallest absolute Gasteiger partial charge is 0.321 e. The highest BCUT2D eigenvalue weighted by Gasteiger charge is 2.24. The molecular formula is C9H17NO7S. The molecule has 0 bridgehead atoms. The maximum absolute atomic E-state index is 11.4. The van der Waals surface area contributed by atoms with E-state index in [1.165, 1.54) is 14.2 Å². The monoisotopic (exact) mass is 283 g/mol. The maximum Gasteiger partial charge on any atom is 0.321 e. The van der Waals surface area contributed by atoms with Gasteiger partial charge in [-0.3, -0.25) is 9.59 Å². The van der Waals surface area contributed by atoms with Gasteiger partial charge >= 0.3 is 11.9 Å². The van der Waals surface area contributed by atoms with E-state index >= 15 is 0 Å². The van der Waals surface area contributed by atoms with E-state index in [0.717, 1.165) is 0 Å². The Kier molecular flexibility index (Phi) is 7.48. The molecule has 2 N–H and O–H groups in total. The third-order valence-electron chi connectivity index (χ3n) is 2.04. The minimum atomic E-state index is -3.75. The van der Waals surface area contributed by atoms with Crippen molar-refractivity contribution in [3.05, 3.63) is 0 Å². The molecule has 0 aliphatic carbocycles. The Morgan fingerprint density at radius 1 is 1.33 bits per heavy atom. The zero-order valence-corrected chi connectivity index (χ0v) is 11.0. The summed E-state index contributed by atoms with van der Waals surface area (Å²) in [5.41, 5.74) is 0. The van der Waals surface area contributed by atoms with E-state index in [-0.39, 0.29) is 25.2 Å². The molecule has 9 heteroatoms. The molecule has 0 amide bonds. The van der Waals surface area contributed by atoms with Gasteiger partial charge < -0.3 is 14.6 Å². The number of carboxylic acid groups (broad SMARTS) is 1. The third-order valence-corrected chi connectivity index (χ3v) is 3.39. The summed E-state index contributed by atoms with van der Waals surface area (Å²) in [5.74, 6) is -2.29. The summed E-state index contributed by atoms with van der Waals surface area (Å²) in [6.07, 6.45) is -0.353. The van der Waals surface area contributed by atoms with Crippen LogP contribution < -0.4 is 4.72 Å². The molecule has 1 atom stereocenters. The van der Waals surface area contributed by atoms with Gasteiger partial charge in [0.1, 0.15) is 6.04 Å². The van der Waals surface area contributed by atoms with Crippen molar-refractivity contribution in [2.45, 2.75) is 18.9 Å². The largest absolute Gasteiger partial charge is 0.480 e. The second-order valence-electron chi connectivity index (χ2n) is 3.44. The first-order valence-corrected chi connectivity index (χ1v) is 6.76. The molecule has 106 valence electrons. The van der Waals surface area contributed by atoms with E-state index < -0.39 is 28.0 Å². The molecule has 0 spiro atoms. The lowest BCUT2D eigenvalue weighted by Crippen LogP contribution is -2.42. The summed E-state index contributed by atoms with van der Waals surface area (Å²) in [7, 11) is -1.25. The number of hydrogen-bond donors (Lipinski definition) is 2. The number of nitrogens with one attached hydrogen (secondary N) is 1. The summed E-state index contributed by atoms with van der Waals surface area (Å²) in [6.45, 7) is -0.0430. The molecule has 8 nitrogen and oxygen atoms in total. The van der Waals surface area contributed by atoms with Crippen molar-refractivity contribution in [2.75, 3.05) is 26.6 Å². The Morgan fingerprint density at radius 3 is 2.39 bits per heavy atom. The van der Waals surface area contributed by atoms with Crippen molar-refractivity contribution in [1.82, 2.24) is 4.72 Å². The lowest BCUT2D eigenvalue weighted by molar-refractivity contribution is -0.142. The van der Waals surface area contributed by atoms with Gasteiger partial charge in [-0.1, -0.05) is 0 Å². The molecule has 18 heavy (non-hydrogen) atoms. The Balaban J connectivity index is 4.44. The second-order valence-corrected chi connectivity index (χ2v) is 5.31. The fourth-order valence-corrected chi connectivity index (χ4v) is 2.22. The van der Waals surface area contributed by atoms with Crippen LogP contribution in [0.3, 0.4) is 0 Å². The quantitative estimate of drug-likeness (QED) is 0.519. The van der Waals surface area contributed by atoms with Gasteiger partial charge in [-0.05, 0) is 6.42 Å². The molecule has 0 aromatic rings. The van der Waals surface area contributed by atoms with Crippen molar-refractivity contribution < 1.29 is 32.6 Å². The SMILES string of the molecule is COCCS(=O)(=O)N[C@H](CCC(=O)OC)C(=O)O. The maximum atomic E-state index is 11.4. The van der Waals surface area contributed by atoms with Crippen LogP contribution in [0.5, 0.6) is 0 Å². The van der Waals surface area contributed by atoms with Crippen molar-refractivity contribution in [3.63, 3.8) is 0 Å². The van der Waals surface area contributed by atoms with Crippen LogP contribution in [0, 0.1) is 0 Å².